The third-order valence-corrected chi connectivity index (χ3v) is 2.01. The molecule has 5 heteroatoms. The highest BCUT2D eigenvalue weighted by atomic mass is 35.5. The maximum Gasteiger partial charge on any atom is 0.112 e. The Kier molecular flexibility index (Phi) is 2.20. The highest BCUT2D eigenvalue weighted by molar-refractivity contribution is 6.35. The average molecular weight is 214 g/mol. The molecule has 0 saturated carbocycles. The van der Waals surface area contributed by atoms with Crippen LogP contribution in [-0.4, -0.2) is 15.4 Å². The monoisotopic (exact) mass is 213 g/mol. The van der Waals surface area contributed by atoms with E-state index in [1.165, 1.54) is 0 Å². The summed E-state index contributed by atoms with van der Waals surface area (Å²) >= 11 is 11.6. The molecule has 1 N–H and O–H groups in total. The summed E-state index contributed by atoms with van der Waals surface area (Å²) in [5, 5.41) is 11.2. The number of hydrogen-bond donors (Lipinski definition) is 1. The summed E-state index contributed by atoms with van der Waals surface area (Å²) < 4.78 is 0. The molecule has 0 saturated heterocycles. The molecule has 66 valence electrons. The number of rotatable bonds is 1. The number of H-pyrrole nitrogens is 1. The van der Waals surface area contributed by atoms with Gasteiger partial charge in [0.1, 0.15) is 5.69 Å². The SMILES string of the molecule is Clc1cc(Cl)cc(-c2c[nH]nn2)c1. The van der Waals surface area contributed by atoms with Crippen LogP contribution in [0.2, 0.25) is 10.0 Å². The fourth-order valence-corrected chi connectivity index (χ4v) is 1.57. The van der Waals surface area contributed by atoms with Crippen molar-refractivity contribution in [3.8, 4) is 11.3 Å². The van der Waals surface area contributed by atoms with Gasteiger partial charge in [-0.25, -0.2) is 0 Å². The molecule has 0 unspecified atom stereocenters. The third-order valence-electron chi connectivity index (χ3n) is 1.58. The number of halogens is 2. The Morgan fingerprint density at radius 2 is 1.77 bits per heavy atom. The number of nitrogens with one attached hydrogen (secondary N) is 1. The van der Waals surface area contributed by atoms with E-state index in [0.29, 0.717) is 10.0 Å². The van der Waals surface area contributed by atoms with Gasteiger partial charge in [-0.2, -0.15) is 0 Å². The molecule has 0 fully saturated rings. The minimum atomic E-state index is 0.588. The second kappa shape index (κ2) is 3.36. The van der Waals surface area contributed by atoms with Crippen molar-refractivity contribution in [3.63, 3.8) is 0 Å². The van der Waals surface area contributed by atoms with Gasteiger partial charge in [0, 0.05) is 21.8 Å². The van der Waals surface area contributed by atoms with Crippen LogP contribution >= 0.6 is 23.2 Å². The first-order chi connectivity index (χ1) is 6.25. The Balaban J connectivity index is 2.53. The van der Waals surface area contributed by atoms with Crippen LogP contribution < -0.4 is 0 Å². The minimum Gasteiger partial charge on any atom is -0.265 e. The topological polar surface area (TPSA) is 41.6 Å². The van der Waals surface area contributed by atoms with Crippen molar-refractivity contribution in [2.45, 2.75) is 0 Å². The fraction of sp³-hybridized carbons (Fsp3) is 0. The van der Waals surface area contributed by atoms with E-state index in [9.17, 15) is 0 Å². The largest absolute Gasteiger partial charge is 0.265 e. The molecule has 0 bridgehead atoms. The van der Waals surface area contributed by atoms with Crippen molar-refractivity contribution >= 4 is 23.2 Å². The van der Waals surface area contributed by atoms with Gasteiger partial charge in [-0.1, -0.05) is 28.4 Å². The van der Waals surface area contributed by atoms with Crippen LogP contribution in [-0.2, 0) is 0 Å². The molecule has 0 amide bonds. The first-order valence-electron chi connectivity index (χ1n) is 3.58. The van der Waals surface area contributed by atoms with Crippen LogP contribution in [0, 0.1) is 0 Å². The molecule has 2 rings (SSSR count). The lowest BCUT2D eigenvalue weighted by atomic mass is 10.2. The molecule has 0 aliphatic heterocycles. The first kappa shape index (κ1) is 8.53. The van der Waals surface area contributed by atoms with E-state index in [4.69, 9.17) is 23.2 Å². The average Bonchev–Trinajstić information content (AvgIpc) is 2.53. The van der Waals surface area contributed by atoms with Gasteiger partial charge in [0.2, 0.25) is 0 Å². The highest BCUT2D eigenvalue weighted by Crippen LogP contribution is 2.24. The van der Waals surface area contributed by atoms with Gasteiger partial charge in [0.15, 0.2) is 0 Å². The minimum absolute atomic E-state index is 0.588. The molecule has 3 nitrogen and oxygen atoms in total. The highest BCUT2D eigenvalue weighted by Gasteiger charge is 2.02. The molecule has 1 aromatic heterocycles. The third kappa shape index (κ3) is 1.82. The maximum atomic E-state index is 5.82. The zero-order valence-corrected chi connectivity index (χ0v) is 7.97. The molecular weight excluding hydrogens is 209 g/mol. The van der Waals surface area contributed by atoms with Gasteiger partial charge in [-0.3, -0.25) is 5.10 Å². The lowest BCUT2D eigenvalue weighted by Crippen LogP contribution is -1.78. The van der Waals surface area contributed by atoms with E-state index in [1.807, 2.05) is 0 Å². The van der Waals surface area contributed by atoms with Crippen molar-refractivity contribution in [1.82, 2.24) is 15.4 Å². The normalized spacial score (nSPS) is 10.3. The lowest BCUT2D eigenvalue weighted by Gasteiger charge is -1.97. The van der Waals surface area contributed by atoms with Gasteiger partial charge in [-0.05, 0) is 18.2 Å². The van der Waals surface area contributed by atoms with Crippen LogP contribution in [0.1, 0.15) is 0 Å². The van der Waals surface area contributed by atoms with Crippen molar-refractivity contribution < 1.29 is 0 Å². The number of hydrogen-bond acceptors (Lipinski definition) is 2. The van der Waals surface area contributed by atoms with Crippen molar-refractivity contribution in [2.75, 3.05) is 0 Å². The molecule has 0 radical (unpaired) electrons. The van der Waals surface area contributed by atoms with E-state index >= 15 is 0 Å². The van der Waals surface area contributed by atoms with Crippen LogP contribution in [0.4, 0.5) is 0 Å². The molecule has 1 heterocycles. The molecule has 13 heavy (non-hydrogen) atoms. The lowest BCUT2D eigenvalue weighted by molar-refractivity contribution is 0.942. The Labute approximate surface area is 84.7 Å². The predicted octanol–water partition coefficient (Wildman–Crippen LogP) is 2.78. The van der Waals surface area contributed by atoms with Crippen LogP contribution in [0.15, 0.2) is 24.4 Å². The summed E-state index contributed by atoms with van der Waals surface area (Å²) in [4.78, 5) is 0. The van der Waals surface area contributed by atoms with Gasteiger partial charge in [0.25, 0.3) is 0 Å². The van der Waals surface area contributed by atoms with Gasteiger partial charge < -0.3 is 0 Å². The van der Waals surface area contributed by atoms with Gasteiger partial charge >= 0.3 is 0 Å². The van der Waals surface area contributed by atoms with E-state index in [0.717, 1.165) is 11.3 Å². The predicted molar refractivity (Wildman–Crippen MR) is 51.8 cm³/mol. The first-order valence-corrected chi connectivity index (χ1v) is 4.34. The smallest absolute Gasteiger partial charge is 0.112 e. The summed E-state index contributed by atoms with van der Waals surface area (Å²) in [6.45, 7) is 0. The van der Waals surface area contributed by atoms with Crippen molar-refractivity contribution in [2.24, 2.45) is 0 Å². The molecule has 1 aromatic carbocycles. The summed E-state index contributed by atoms with van der Waals surface area (Å²) in [6, 6.07) is 5.24. The maximum absolute atomic E-state index is 5.82. The van der Waals surface area contributed by atoms with E-state index < -0.39 is 0 Å². The van der Waals surface area contributed by atoms with Gasteiger partial charge in [0.05, 0.1) is 0 Å². The molecular formula is C8H5Cl2N3. The molecule has 0 aliphatic rings. The van der Waals surface area contributed by atoms with E-state index in [2.05, 4.69) is 15.4 Å². The summed E-state index contributed by atoms with van der Waals surface area (Å²) in [7, 11) is 0. The van der Waals surface area contributed by atoms with Crippen LogP contribution in [0.5, 0.6) is 0 Å². The fourth-order valence-electron chi connectivity index (χ4n) is 1.04. The molecule has 0 spiro atoms. The van der Waals surface area contributed by atoms with E-state index in [-0.39, 0.29) is 0 Å². The standard InChI is InChI=1S/C8H5Cl2N3/c9-6-1-5(2-7(10)3-6)8-4-11-13-12-8/h1-4H,(H,11,12,13). The molecule has 0 aliphatic carbocycles. The van der Waals surface area contributed by atoms with Crippen LogP contribution in [0.3, 0.4) is 0 Å². The number of aromatic amines is 1. The summed E-state index contributed by atoms with van der Waals surface area (Å²) in [5.41, 5.74) is 1.58. The molecule has 0 atom stereocenters. The zero-order valence-electron chi connectivity index (χ0n) is 6.46. The Morgan fingerprint density at radius 3 is 2.31 bits per heavy atom. The second-order valence-electron chi connectivity index (χ2n) is 2.52. The Morgan fingerprint density at radius 1 is 1.08 bits per heavy atom. The zero-order chi connectivity index (χ0) is 9.26. The Hall–Kier alpha value is -1.06. The second-order valence-corrected chi connectivity index (χ2v) is 3.39. The quantitative estimate of drug-likeness (QED) is 0.792. The Bertz CT molecular complexity index is 391. The number of benzene rings is 1. The summed E-state index contributed by atoms with van der Waals surface area (Å²) in [6.07, 6.45) is 1.68. The van der Waals surface area contributed by atoms with Crippen molar-refractivity contribution in [3.05, 3.63) is 34.4 Å². The number of nitrogens with zero attached hydrogens (tertiary/aromatic N) is 2. The van der Waals surface area contributed by atoms with Gasteiger partial charge in [-0.15, -0.1) is 5.10 Å². The van der Waals surface area contributed by atoms with Crippen LogP contribution in [0.25, 0.3) is 11.3 Å². The van der Waals surface area contributed by atoms with Crippen molar-refractivity contribution in [1.29, 1.82) is 0 Å². The summed E-state index contributed by atoms with van der Waals surface area (Å²) in [5.74, 6) is 0. The van der Waals surface area contributed by atoms with E-state index in [1.54, 1.807) is 24.4 Å². The number of aromatic nitrogens is 3. The molecule has 2 aromatic rings.